The lowest BCUT2D eigenvalue weighted by atomic mass is 9.95. The van der Waals surface area contributed by atoms with Crippen molar-refractivity contribution < 1.29 is 9.60 Å². The molecule has 0 aliphatic carbocycles. The van der Waals surface area contributed by atoms with Crippen molar-refractivity contribution in [3.63, 3.8) is 0 Å². The van der Waals surface area contributed by atoms with Crippen LogP contribution in [0.1, 0.15) is 16.7 Å². The van der Waals surface area contributed by atoms with Crippen molar-refractivity contribution in [1.29, 1.82) is 0 Å². The van der Waals surface area contributed by atoms with E-state index >= 15 is 0 Å². The molecule has 6 heteroatoms. The maximum atomic E-state index is 13.8. The summed E-state index contributed by atoms with van der Waals surface area (Å²) < 4.78 is 13.8. The van der Waals surface area contributed by atoms with Crippen LogP contribution in [-0.4, -0.2) is 16.8 Å². The molecule has 0 fully saturated rings. The number of nitrogens with zero attached hydrogens (tertiary/aromatic N) is 2. The highest BCUT2D eigenvalue weighted by Crippen LogP contribution is 2.32. The standard InChI is InChI=1S/C16H13ClFN3O/c17-10-3-1-2-9(6-10)7-14(21-22)11-4-5-13(18)16-12(11)8-15(19)20-16/h1-6,22H,7-8H2,(H2,19,20)/b21-14+. The summed E-state index contributed by atoms with van der Waals surface area (Å²) in [5.74, 6) is -0.0827. The van der Waals surface area contributed by atoms with Crippen molar-refractivity contribution >= 4 is 28.8 Å². The highest BCUT2D eigenvalue weighted by molar-refractivity contribution is 6.30. The fraction of sp³-hybridized carbons (Fsp3) is 0.125. The normalized spacial score (nSPS) is 13.9. The van der Waals surface area contributed by atoms with Crippen LogP contribution in [0.5, 0.6) is 0 Å². The Bertz CT molecular complexity index is 802. The molecule has 3 rings (SSSR count). The van der Waals surface area contributed by atoms with Crippen molar-refractivity contribution in [2.75, 3.05) is 0 Å². The zero-order chi connectivity index (χ0) is 15.7. The zero-order valence-corrected chi connectivity index (χ0v) is 12.3. The summed E-state index contributed by atoms with van der Waals surface area (Å²) >= 11 is 5.96. The molecule has 1 aliphatic heterocycles. The summed E-state index contributed by atoms with van der Waals surface area (Å²) in [5, 5.41) is 13.3. The molecular weight excluding hydrogens is 305 g/mol. The SMILES string of the molecule is NC1=Nc2c(F)ccc(/C(Cc3cccc(Cl)c3)=N/O)c2C1. The Morgan fingerprint density at radius 1 is 1.36 bits per heavy atom. The molecule has 22 heavy (non-hydrogen) atoms. The van der Waals surface area contributed by atoms with Gasteiger partial charge >= 0.3 is 0 Å². The number of aliphatic imine (C=N–C) groups is 1. The first-order chi connectivity index (χ1) is 10.6. The van der Waals surface area contributed by atoms with E-state index in [4.69, 9.17) is 17.3 Å². The van der Waals surface area contributed by atoms with Gasteiger partial charge in [0.15, 0.2) is 0 Å². The van der Waals surface area contributed by atoms with Crippen LogP contribution in [0.3, 0.4) is 0 Å². The Morgan fingerprint density at radius 3 is 2.91 bits per heavy atom. The summed E-state index contributed by atoms with van der Waals surface area (Å²) in [5.41, 5.74) is 8.53. The fourth-order valence-corrected chi connectivity index (χ4v) is 2.78. The molecule has 2 aromatic carbocycles. The molecule has 0 unspecified atom stereocenters. The van der Waals surface area contributed by atoms with Crippen molar-refractivity contribution in [2.24, 2.45) is 15.9 Å². The van der Waals surface area contributed by atoms with Gasteiger partial charge in [-0.3, -0.25) is 0 Å². The number of amidine groups is 1. The first kappa shape index (κ1) is 14.5. The second kappa shape index (κ2) is 5.77. The summed E-state index contributed by atoms with van der Waals surface area (Å²) in [6, 6.07) is 10.2. The molecule has 0 bridgehead atoms. The molecular formula is C16H13ClFN3O. The maximum absolute atomic E-state index is 13.8. The second-order valence-corrected chi connectivity index (χ2v) is 5.49. The van der Waals surface area contributed by atoms with Crippen LogP contribution in [0.4, 0.5) is 10.1 Å². The van der Waals surface area contributed by atoms with Crippen LogP contribution in [-0.2, 0) is 12.8 Å². The van der Waals surface area contributed by atoms with Gasteiger partial charge in [-0.2, -0.15) is 0 Å². The Kier molecular flexibility index (Phi) is 3.81. The van der Waals surface area contributed by atoms with Crippen molar-refractivity contribution in [3.8, 4) is 0 Å². The van der Waals surface area contributed by atoms with Crippen molar-refractivity contribution in [1.82, 2.24) is 0 Å². The van der Waals surface area contributed by atoms with E-state index in [-0.39, 0.29) is 5.69 Å². The van der Waals surface area contributed by atoms with Crippen LogP contribution >= 0.6 is 11.6 Å². The zero-order valence-electron chi connectivity index (χ0n) is 11.6. The fourth-order valence-electron chi connectivity index (χ4n) is 2.57. The van der Waals surface area contributed by atoms with E-state index in [1.54, 1.807) is 18.2 Å². The monoisotopic (exact) mass is 317 g/mol. The quantitative estimate of drug-likeness (QED) is 0.517. The van der Waals surface area contributed by atoms with E-state index in [1.807, 2.05) is 12.1 Å². The van der Waals surface area contributed by atoms with E-state index in [2.05, 4.69) is 10.1 Å². The van der Waals surface area contributed by atoms with Gasteiger partial charge in [0.25, 0.3) is 0 Å². The second-order valence-electron chi connectivity index (χ2n) is 5.06. The maximum Gasteiger partial charge on any atom is 0.149 e. The van der Waals surface area contributed by atoms with E-state index in [9.17, 15) is 9.60 Å². The van der Waals surface area contributed by atoms with Gasteiger partial charge in [-0.25, -0.2) is 9.38 Å². The lowest BCUT2D eigenvalue weighted by Gasteiger charge is -2.10. The summed E-state index contributed by atoms with van der Waals surface area (Å²) in [6.45, 7) is 0. The first-order valence-corrected chi connectivity index (χ1v) is 7.06. The highest BCUT2D eigenvalue weighted by Gasteiger charge is 2.22. The summed E-state index contributed by atoms with van der Waals surface area (Å²) in [7, 11) is 0. The molecule has 0 aromatic heterocycles. The van der Waals surface area contributed by atoms with Crippen molar-refractivity contribution in [2.45, 2.75) is 12.8 Å². The smallest absolute Gasteiger partial charge is 0.149 e. The summed E-state index contributed by atoms with van der Waals surface area (Å²) in [4.78, 5) is 4.01. The number of hydrogen-bond donors (Lipinski definition) is 2. The van der Waals surface area contributed by atoms with Gasteiger partial charge in [0.1, 0.15) is 17.3 Å². The minimum atomic E-state index is -0.431. The molecule has 4 nitrogen and oxygen atoms in total. The van der Waals surface area contributed by atoms with Crippen LogP contribution < -0.4 is 5.73 Å². The summed E-state index contributed by atoms with van der Waals surface area (Å²) in [6.07, 6.45) is 0.714. The number of benzene rings is 2. The lowest BCUT2D eigenvalue weighted by molar-refractivity contribution is 0.318. The molecule has 112 valence electrons. The molecule has 2 aromatic rings. The van der Waals surface area contributed by atoms with Gasteiger partial charge in [-0.05, 0) is 35.4 Å². The molecule has 0 atom stereocenters. The third-order valence-corrected chi connectivity index (χ3v) is 3.77. The number of rotatable bonds is 3. The Labute approximate surface area is 131 Å². The third kappa shape index (κ3) is 2.67. The molecule has 0 amide bonds. The van der Waals surface area contributed by atoms with Crippen molar-refractivity contribution in [3.05, 3.63) is 63.9 Å². The topological polar surface area (TPSA) is 71.0 Å². The number of oxime groups is 1. The molecule has 0 saturated heterocycles. The number of nitrogens with two attached hydrogens (primary N) is 1. The largest absolute Gasteiger partial charge is 0.411 e. The minimum Gasteiger partial charge on any atom is -0.411 e. The van der Waals surface area contributed by atoms with Gasteiger partial charge < -0.3 is 10.9 Å². The Balaban J connectivity index is 1.99. The average molecular weight is 318 g/mol. The first-order valence-electron chi connectivity index (χ1n) is 6.68. The molecule has 0 radical (unpaired) electrons. The van der Waals surface area contributed by atoms with Gasteiger partial charge in [-0.15, -0.1) is 0 Å². The van der Waals surface area contributed by atoms with E-state index in [1.165, 1.54) is 6.07 Å². The molecule has 3 N–H and O–H groups in total. The molecule has 1 aliphatic rings. The van der Waals surface area contributed by atoms with E-state index in [0.29, 0.717) is 40.5 Å². The minimum absolute atomic E-state index is 0.224. The van der Waals surface area contributed by atoms with E-state index < -0.39 is 5.82 Å². The molecule has 0 spiro atoms. The highest BCUT2D eigenvalue weighted by atomic mass is 35.5. The molecule has 0 saturated carbocycles. The molecule has 1 heterocycles. The van der Waals surface area contributed by atoms with E-state index in [0.717, 1.165) is 5.56 Å². The predicted molar refractivity (Wildman–Crippen MR) is 84.9 cm³/mol. The number of halogens is 2. The number of fused-ring (bicyclic) bond motifs is 1. The number of hydrogen-bond acceptors (Lipinski definition) is 4. The van der Waals surface area contributed by atoms with Gasteiger partial charge in [0, 0.05) is 23.4 Å². The van der Waals surface area contributed by atoms with Crippen LogP contribution in [0, 0.1) is 5.82 Å². The lowest BCUT2D eigenvalue weighted by Crippen LogP contribution is -2.13. The van der Waals surface area contributed by atoms with Crippen LogP contribution in [0.25, 0.3) is 0 Å². The van der Waals surface area contributed by atoms with Crippen LogP contribution in [0.2, 0.25) is 5.02 Å². The van der Waals surface area contributed by atoms with Gasteiger partial charge in [-0.1, -0.05) is 28.9 Å². The third-order valence-electron chi connectivity index (χ3n) is 3.54. The Hall–Kier alpha value is -2.40. The van der Waals surface area contributed by atoms with Crippen LogP contribution in [0.15, 0.2) is 46.5 Å². The Morgan fingerprint density at radius 2 is 2.18 bits per heavy atom. The van der Waals surface area contributed by atoms with Gasteiger partial charge in [0.05, 0.1) is 5.71 Å². The van der Waals surface area contributed by atoms with Gasteiger partial charge in [0.2, 0.25) is 0 Å². The average Bonchev–Trinajstić information content (AvgIpc) is 2.88. The predicted octanol–water partition coefficient (Wildman–Crippen LogP) is 3.44.